The molecule has 1 amide bonds. The number of aryl methyl sites for hydroxylation is 2. The first-order chi connectivity index (χ1) is 9.90. The molecular formula is C13H12FN3O4. The van der Waals surface area contributed by atoms with E-state index >= 15 is 0 Å². The Balaban J connectivity index is 2.21. The van der Waals surface area contributed by atoms with E-state index in [1.165, 1.54) is 0 Å². The predicted octanol–water partition coefficient (Wildman–Crippen LogP) is 2.27. The zero-order valence-corrected chi connectivity index (χ0v) is 11.3. The molecule has 2 aromatic rings. The largest absolute Gasteiger partial charge is 0.361 e. The van der Waals surface area contributed by atoms with Crippen LogP contribution < -0.4 is 5.32 Å². The van der Waals surface area contributed by atoms with Crippen molar-refractivity contribution in [3.05, 3.63) is 56.7 Å². The number of nitrogens with one attached hydrogen (secondary N) is 1. The number of benzene rings is 1. The second-order valence-corrected chi connectivity index (χ2v) is 4.40. The van der Waals surface area contributed by atoms with Gasteiger partial charge in [-0.15, -0.1) is 0 Å². The molecule has 1 heterocycles. The molecule has 1 aromatic carbocycles. The number of nitro benzene ring substituents is 1. The highest BCUT2D eigenvalue weighted by molar-refractivity contribution is 5.98. The Morgan fingerprint density at radius 1 is 1.48 bits per heavy atom. The van der Waals surface area contributed by atoms with Gasteiger partial charge in [-0.05, 0) is 26.0 Å². The molecular weight excluding hydrogens is 281 g/mol. The van der Waals surface area contributed by atoms with Gasteiger partial charge in [-0.25, -0.2) is 4.39 Å². The predicted molar refractivity (Wildman–Crippen MR) is 70.2 cm³/mol. The van der Waals surface area contributed by atoms with E-state index in [2.05, 4.69) is 10.5 Å². The molecule has 0 aliphatic heterocycles. The molecule has 0 saturated heterocycles. The second-order valence-electron chi connectivity index (χ2n) is 4.40. The molecule has 0 aliphatic rings. The summed E-state index contributed by atoms with van der Waals surface area (Å²) in [5, 5.41) is 17.1. The lowest BCUT2D eigenvalue weighted by Gasteiger charge is -2.05. The van der Waals surface area contributed by atoms with Gasteiger partial charge in [-0.1, -0.05) is 5.16 Å². The number of halogens is 1. The van der Waals surface area contributed by atoms with Gasteiger partial charge < -0.3 is 9.84 Å². The lowest BCUT2D eigenvalue weighted by atomic mass is 10.1. The number of rotatable bonds is 4. The molecule has 0 spiro atoms. The molecule has 0 bridgehead atoms. The quantitative estimate of drug-likeness (QED) is 0.688. The smallest absolute Gasteiger partial charge is 0.282 e. The molecule has 0 fully saturated rings. The minimum atomic E-state index is -0.735. The van der Waals surface area contributed by atoms with Crippen LogP contribution in [0.2, 0.25) is 0 Å². The monoisotopic (exact) mass is 293 g/mol. The van der Waals surface area contributed by atoms with Gasteiger partial charge in [0.25, 0.3) is 11.6 Å². The second kappa shape index (κ2) is 5.70. The van der Waals surface area contributed by atoms with Crippen LogP contribution >= 0.6 is 0 Å². The van der Waals surface area contributed by atoms with Crippen molar-refractivity contribution in [1.29, 1.82) is 0 Å². The molecule has 0 atom stereocenters. The summed E-state index contributed by atoms with van der Waals surface area (Å²) < 4.78 is 18.1. The van der Waals surface area contributed by atoms with Crippen LogP contribution in [0.3, 0.4) is 0 Å². The molecule has 110 valence electrons. The molecule has 0 radical (unpaired) electrons. The van der Waals surface area contributed by atoms with Crippen LogP contribution in [0.25, 0.3) is 0 Å². The fraction of sp³-hybridized carbons (Fsp3) is 0.231. The number of aromatic nitrogens is 1. The van der Waals surface area contributed by atoms with E-state index in [0.29, 0.717) is 17.0 Å². The number of nitrogens with zero attached hydrogens (tertiary/aromatic N) is 2. The number of hydrogen-bond acceptors (Lipinski definition) is 5. The molecule has 0 aliphatic carbocycles. The summed E-state index contributed by atoms with van der Waals surface area (Å²) in [5.74, 6) is -0.911. The van der Waals surface area contributed by atoms with Crippen LogP contribution in [0.4, 0.5) is 10.1 Å². The van der Waals surface area contributed by atoms with Crippen LogP contribution in [0.15, 0.2) is 22.7 Å². The third kappa shape index (κ3) is 3.04. The van der Waals surface area contributed by atoms with E-state index in [0.717, 1.165) is 18.2 Å². The molecule has 2 rings (SSSR count). The summed E-state index contributed by atoms with van der Waals surface area (Å²) >= 11 is 0. The van der Waals surface area contributed by atoms with Crippen LogP contribution in [0.5, 0.6) is 0 Å². The van der Waals surface area contributed by atoms with Gasteiger partial charge in [0.05, 0.1) is 10.6 Å². The average Bonchev–Trinajstić information content (AvgIpc) is 2.75. The standard InChI is InChI=1S/C13H12FN3O4/c1-7-11(8(2)21-16-7)6-15-13(18)10-5-9(14)3-4-12(10)17(19)20/h3-5H,6H2,1-2H3,(H,15,18). The highest BCUT2D eigenvalue weighted by Gasteiger charge is 2.21. The lowest BCUT2D eigenvalue weighted by Crippen LogP contribution is -2.24. The Hall–Kier alpha value is -2.77. The Morgan fingerprint density at radius 2 is 2.19 bits per heavy atom. The van der Waals surface area contributed by atoms with Crippen LogP contribution in [-0.4, -0.2) is 16.0 Å². The maximum atomic E-state index is 13.2. The topological polar surface area (TPSA) is 98.3 Å². The molecule has 1 aromatic heterocycles. The lowest BCUT2D eigenvalue weighted by molar-refractivity contribution is -0.385. The van der Waals surface area contributed by atoms with E-state index in [4.69, 9.17) is 4.52 Å². The van der Waals surface area contributed by atoms with Crippen molar-refractivity contribution in [2.75, 3.05) is 0 Å². The van der Waals surface area contributed by atoms with E-state index in [1.54, 1.807) is 13.8 Å². The molecule has 7 nitrogen and oxygen atoms in total. The minimum absolute atomic E-state index is 0.0909. The van der Waals surface area contributed by atoms with Crippen molar-refractivity contribution in [1.82, 2.24) is 10.5 Å². The van der Waals surface area contributed by atoms with Crippen molar-refractivity contribution < 1.29 is 18.6 Å². The summed E-state index contributed by atoms with van der Waals surface area (Å²) in [4.78, 5) is 22.1. The van der Waals surface area contributed by atoms with Crippen molar-refractivity contribution in [3.8, 4) is 0 Å². The Bertz CT molecular complexity index is 692. The molecule has 8 heteroatoms. The number of amides is 1. The first-order valence-corrected chi connectivity index (χ1v) is 6.04. The maximum Gasteiger partial charge on any atom is 0.282 e. The zero-order chi connectivity index (χ0) is 15.6. The van der Waals surface area contributed by atoms with Gasteiger partial charge in [-0.3, -0.25) is 14.9 Å². The number of nitro groups is 1. The van der Waals surface area contributed by atoms with E-state index in [-0.39, 0.29) is 12.1 Å². The van der Waals surface area contributed by atoms with E-state index in [9.17, 15) is 19.3 Å². The van der Waals surface area contributed by atoms with Gasteiger partial charge in [0, 0.05) is 18.2 Å². The summed E-state index contributed by atoms with van der Waals surface area (Å²) in [6.07, 6.45) is 0. The zero-order valence-electron chi connectivity index (χ0n) is 11.3. The number of carbonyl (C=O) groups excluding carboxylic acids is 1. The van der Waals surface area contributed by atoms with Gasteiger partial charge in [0.2, 0.25) is 0 Å². The highest BCUT2D eigenvalue weighted by Crippen LogP contribution is 2.20. The normalized spacial score (nSPS) is 10.4. The van der Waals surface area contributed by atoms with E-state index in [1.807, 2.05) is 0 Å². The summed E-state index contributed by atoms with van der Waals surface area (Å²) in [5.41, 5.74) is 0.517. The van der Waals surface area contributed by atoms with Crippen LogP contribution in [0.1, 0.15) is 27.4 Å². The fourth-order valence-electron chi connectivity index (χ4n) is 1.87. The van der Waals surface area contributed by atoms with Gasteiger partial charge in [-0.2, -0.15) is 0 Å². The first kappa shape index (κ1) is 14.6. The first-order valence-electron chi connectivity index (χ1n) is 6.04. The number of hydrogen-bond donors (Lipinski definition) is 1. The van der Waals surface area contributed by atoms with Gasteiger partial charge >= 0.3 is 0 Å². The Morgan fingerprint density at radius 3 is 2.76 bits per heavy atom. The highest BCUT2D eigenvalue weighted by atomic mass is 19.1. The molecule has 1 N–H and O–H groups in total. The molecule has 0 unspecified atom stereocenters. The summed E-state index contributed by atoms with van der Waals surface area (Å²) in [7, 11) is 0. The molecule has 21 heavy (non-hydrogen) atoms. The van der Waals surface area contributed by atoms with Crippen molar-refractivity contribution >= 4 is 11.6 Å². The third-order valence-corrected chi connectivity index (χ3v) is 3.01. The van der Waals surface area contributed by atoms with Crippen molar-refractivity contribution in [3.63, 3.8) is 0 Å². The maximum absolute atomic E-state index is 13.2. The van der Waals surface area contributed by atoms with Crippen LogP contribution in [0, 0.1) is 29.8 Å². The fourth-order valence-corrected chi connectivity index (χ4v) is 1.87. The summed E-state index contributed by atoms with van der Waals surface area (Å²) in [6, 6.07) is 2.73. The Labute approximate surface area is 118 Å². The number of carbonyl (C=O) groups is 1. The van der Waals surface area contributed by atoms with Crippen LogP contribution in [-0.2, 0) is 6.54 Å². The van der Waals surface area contributed by atoms with Crippen molar-refractivity contribution in [2.45, 2.75) is 20.4 Å². The van der Waals surface area contributed by atoms with E-state index < -0.39 is 22.3 Å². The minimum Gasteiger partial charge on any atom is -0.361 e. The summed E-state index contributed by atoms with van der Waals surface area (Å²) in [6.45, 7) is 3.49. The average molecular weight is 293 g/mol. The Kier molecular flexibility index (Phi) is 3.97. The molecule has 0 saturated carbocycles. The van der Waals surface area contributed by atoms with Crippen molar-refractivity contribution in [2.24, 2.45) is 0 Å². The van der Waals surface area contributed by atoms with Gasteiger partial charge in [0.1, 0.15) is 17.1 Å². The third-order valence-electron chi connectivity index (χ3n) is 3.01. The SMILES string of the molecule is Cc1noc(C)c1CNC(=O)c1cc(F)ccc1[N+](=O)[O-]. The van der Waals surface area contributed by atoms with Gasteiger partial charge in [0.15, 0.2) is 0 Å².